The van der Waals surface area contributed by atoms with Gasteiger partial charge in [0.2, 0.25) is 5.91 Å². The maximum atomic E-state index is 13.1. The van der Waals surface area contributed by atoms with E-state index in [9.17, 15) is 14.0 Å². The number of nitrogens with zero attached hydrogens (tertiary/aromatic N) is 1. The van der Waals surface area contributed by atoms with Gasteiger partial charge in [0.1, 0.15) is 11.6 Å². The van der Waals surface area contributed by atoms with Gasteiger partial charge in [0.25, 0.3) is 0 Å². The molecule has 26 heavy (non-hydrogen) atoms. The first-order valence-corrected chi connectivity index (χ1v) is 8.24. The third kappa shape index (κ3) is 4.58. The van der Waals surface area contributed by atoms with Crippen LogP contribution in [0.4, 0.5) is 4.39 Å². The summed E-state index contributed by atoms with van der Waals surface area (Å²) in [5.74, 6) is -0.950. The maximum Gasteiger partial charge on any atom is 0.341 e. The predicted octanol–water partition coefficient (Wildman–Crippen LogP) is 1.89. The summed E-state index contributed by atoms with van der Waals surface area (Å²) >= 11 is 0. The maximum absolute atomic E-state index is 13.1. The molecule has 1 amide bonds. The molecule has 2 aromatic rings. The van der Waals surface area contributed by atoms with Crippen molar-refractivity contribution in [2.24, 2.45) is 0 Å². The molecule has 0 atom stereocenters. The Balaban J connectivity index is 1.88. The molecule has 0 spiro atoms. The fourth-order valence-corrected chi connectivity index (χ4v) is 2.87. The first-order chi connectivity index (χ1) is 12.5. The number of rotatable bonds is 6. The minimum atomic E-state index is -1.06. The van der Waals surface area contributed by atoms with Crippen molar-refractivity contribution in [3.63, 3.8) is 0 Å². The smallest absolute Gasteiger partial charge is 0.341 e. The first kappa shape index (κ1) is 17.9. The second-order valence-electron chi connectivity index (χ2n) is 6.07. The van der Waals surface area contributed by atoms with E-state index in [0.29, 0.717) is 25.4 Å². The summed E-state index contributed by atoms with van der Waals surface area (Å²) in [5, 5.41) is 11.6. The molecule has 6 nitrogen and oxygen atoms in total. The number of hydrogen-bond donors (Lipinski definition) is 2. The summed E-state index contributed by atoms with van der Waals surface area (Å²) in [6.07, 6.45) is 0. The van der Waals surface area contributed by atoms with E-state index in [1.54, 1.807) is 24.3 Å². The molecule has 1 fully saturated rings. The Morgan fingerprint density at radius 2 is 1.92 bits per heavy atom. The van der Waals surface area contributed by atoms with Crippen LogP contribution in [-0.2, 0) is 16.1 Å². The van der Waals surface area contributed by atoms with E-state index in [1.165, 1.54) is 12.1 Å². The number of carboxylic acid groups (broad SMARTS) is 1. The van der Waals surface area contributed by atoms with Crippen LogP contribution in [-0.4, -0.2) is 48.1 Å². The van der Waals surface area contributed by atoms with E-state index < -0.39 is 12.6 Å². The van der Waals surface area contributed by atoms with E-state index >= 15 is 0 Å². The number of piperazine rings is 1. The van der Waals surface area contributed by atoms with Crippen LogP contribution in [0, 0.1) is 5.82 Å². The monoisotopic (exact) mass is 358 g/mol. The fourth-order valence-electron chi connectivity index (χ4n) is 2.87. The van der Waals surface area contributed by atoms with Crippen LogP contribution < -0.4 is 10.1 Å². The van der Waals surface area contributed by atoms with Crippen LogP contribution in [0.1, 0.15) is 5.56 Å². The van der Waals surface area contributed by atoms with Crippen molar-refractivity contribution in [3.8, 4) is 16.9 Å². The van der Waals surface area contributed by atoms with Crippen molar-refractivity contribution in [1.82, 2.24) is 10.2 Å². The van der Waals surface area contributed by atoms with Gasteiger partial charge in [-0.3, -0.25) is 9.69 Å². The molecule has 1 aliphatic heterocycles. The zero-order valence-electron chi connectivity index (χ0n) is 14.1. The predicted molar refractivity (Wildman–Crippen MR) is 93.3 cm³/mol. The topological polar surface area (TPSA) is 78.9 Å². The van der Waals surface area contributed by atoms with Crippen LogP contribution in [0.2, 0.25) is 0 Å². The number of aliphatic carboxylic acids is 1. The number of amides is 1. The van der Waals surface area contributed by atoms with Gasteiger partial charge < -0.3 is 15.2 Å². The number of carbonyl (C=O) groups is 2. The molecular formula is C19H19FN2O4. The minimum absolute atomic E-state index is 0.0426. The molecule has 0 unspecified atom stereocenters. The lowest BCUT2D eigenvalue weighted by Crippen LogP contribution is -2.47. The molecule has 1 aliphatic rings. The summed E-state index contributed by atoms with van der Waals surface area (Å²) in [4.78, 5) is 24.4. The van der Waals surface area contributed by atoms with Gasteiger partial charge in [-0.1, -0.05) is 18.2 Å². The number of benzene rings is 2. The highest BCUT2D eigenvalue weighted by atomic mass is 19.1. The molecular weight excluding hydrogens is 339 g/mol. The van der Waals surface area contributed by atoms with E-state index in [4.69, 9.17) is 9.84 Å². The standard InChI is InChI=1S/C19H19FN2O4/c20-16-4-1-13(2-5-16)14-3-6-17(26-12-19(24)25)15(9-14)10-22-8-7-21-18(23)11-22/h1-6,9H,7-8,10-12H2,(H,21,23)(H,24,25). The van der Waals surface area contributed by atoms with E-state index in [1.807, 2.05) is 11.0 Å². The van der Waals surface area contributed by atoms with Gasteiger partial charge in [0.15, 0.2) is 6.61 Å². The number of carbonyl (C=O) groups excluding carboxylic acids is 1. The van der Waals surface area contributed by atoms with Crippen molar-refractivity contribution in [3.05, 3.63) is 53.8 Å². The average molecular weight is 358 g/mol. The number of ether oxygens (including phenoxy) is 1. The summed E-state index contributed by atoms with van der Waals surface area (Å²) in [6, 6.07) is 11.5. The van der Waals surface area contributed by atoms with Gasteiger partial charge in [-0.15, -0.1) is 0 Å². The number of hydrogen-bond acceptors (Lipinski definition) is 4. The van der Waals surface area contributed by atoms with Gasteiger partial charge >= 0.3 is 5.97 Å². The molecule has 0 aliphatic carbocycles. The normalized spacial score (nSPS) is 14.7. The van der Waals surface area contributed by atoms with Crippen LogP contribution in [0.15, 0.2) is 42.5 Å². The highest BCUT2D eigenvalue weighted by Gasteiger charge is 2.18. The number of nitrogens with one attached hydrogen (secondary N) is 1. The van der Waals surface area contributed by atoms with E-state index in [2.05, 4.69) is 5.32 Å². The molecule has 2 N–H and O–H groups in total. The molecule has 0 bridgehead atoms. The van der Waals surface area contributed by atoms with Gasteiger partial charge in [0.05, 0.1) is 6.54 Å². The highest BCUT2D eigenvalue weighted by molar-refractivity contribution is 5.78. The SMILES string of the molecule is O=C(O)COc1ccc(-c2ccc(F)cc2)cc1CN1CCNC(=O)C1. The molecule has 0 saturated carbocycles. The Morgan fingerprint density at radius 3 is 2.62 bits per heavy atom. The molecule has 3 rings (SSSR count). The van der Waals surface area contributed by atoms with Gasteiger partial charge in [-0.2, -0.15) is 0 Å². The molecule has 1 saturated heterocycles. The van der Waals surface area contributed by atoms with Gasteiger partial charge in [-0.25, -0.2) is 9.18 Å². The number of carboxylic acids is 1. The zero-order chi connectivity index (χ0) is 18.5. The number of halogens is 1. The Kier molecular flexibility index (Phi) is 5.48. The molecule has 0 radical (unpaired) electrons. The van der Waals surface area contributed by atoms with Crippen molar-refractivity contribution >= 4 is 11.9 Å². The lowest BCUT2D eigenvalue weighted by molar-refractivity contribution is -0.139. The summed E-state index contributed by atoms with van der Waals surface area (Å²) in [5.41, 5.74) is 2.49. The lowest BCUT2D eigenvalue weighted by atomic mass is 10.0. The summed E-state index contributed by atoms with van der Waals surface area (Å²) < 4.78 is 18.5. The van der Waals surface area contributed by atoms with Crippen LogP contribution in [0.5, 0.6) is 5.75 Å². The third-order valence-electron chi connectivity index (χ3n) is 4.10. The second kappa shape index (κ2) is 7.97. The first-order valence-electron chi connectivity index (χ1n) is 8.24. The molecule has 136 valence electrons. The van der Waals surface area contributed by atoms with Crippen molar-refractivity contribution in [2.75, 3.05) is 26.2 Å². The minimum Gasteiger partial charge on any atom is -0.482 e. The Hall–Kier alpha value is -2.93. The average Bonchev–Trinajstić information content (AvgIpc) is 2.61. The Labute approximate surface area is 150 Å². The highest BCUT2D eigenvalue weighted by Crippen LogP contribution is 2.28. The van der Waals surface area contributed by atoms with E-state index in [-0.39, 0.29) is 18.3 Å². The van der Waals surface area contributed by atoms with Crippen molar-refractivity contribution in [2.45, 2.75) is 6.54 Å². The largest absolute Gasteiger partial charge is 0.482 e. The third-order valence-corrected chi connectivity index (χ3v) is 4.10. The van der Waals surface area contributed by atoms with E-state index in [0.717, 1.165) is 16.7 Å². The fraction of sp³-hybridized carbons (Fsp3) is 0.263. The molecule has 0 aromatic heterocycles. The van der Waals surface area contributed by atoms with Crippen molar-refractivity contribution in [1.29, 1.82) is 0 Å². The van der Waals surface area contributed by atoms with Crippen LogP contribution in [0.25, 0.3) is 11.1 Å². The Bertz CT molecular complexity index is 808. The van der Waals surface area contributed by atoms with Gasteiger partial charge in [-0.05, 0) is 35.4 Å². The lowest BCUT2D eigenvalue weighted by Gasteiger charge is -2.27. The molecule has 1 heterocycles. The summed E-state index contributed by atoms with van der Waals surface area (Å²) in [6.45, 7) is 1.56. The van der Waals surface area contributed by atoms with Gasteiger partial charge in [0, 0.05) is 25.2 Å². The van der Waals surface area contributed by atoms with Crippen molar-refractivity contribution < 1.29 is 23.8 Å². The van der Waals surface area contributed by atoms with Crippen LogP contribution >= 0.6 is 0 Å². The zero-order valence-corrected chi connectivity index (χ0v) is 14.1. The molecule has 2 aromatic carbocycles. The second-order valence-corrected chi connectivity index (χ2v) is 6.07. The van der Waals surface area contributed by atoms with Crippen LogP contribution in [0.3, 0.4) is 0 Å². The molecule has 7 heteroatoms. The quantitative estimate of drug-likeness (QED) is 0.824. The summed E-state index contributed by atoms with van der Waals surface area (Å²) in [7, 11) is 0. The Morgan fingerprint density at radius 1 is 1.19 bits per heavy atom.